The Morgan fingerprint density at radius 3 is 2.87 bits per heavy atom. The maximum atomic E-state index is 12.5. The van der Waals surface area contributed by atoms with Crippen LogP contribution in [0.3, 0.4) is 0 Å². The van der Waals surface area contributed by atoms with Crippen LogP contribution in [0.2, 0.25) is 5.02 Å². The number of rotatable bonds is 4. The van der Waals surface area contributed by atoms with Gasteiger partial charge in [0.05, 0.1) is 18.3 Å². The number of piperazine rings is 1. The second kappa shape index (κ2) is 6.42. The summed E-state index contributed by atoms with van der Waals surface area (Å²) < 4.78 is 26.3. The summed E-state index contributed by atoms with van der Waals surface area (Å²) in [5.74, 6) is -0.0155. The smallest absolute Gasteiger partial charge is 0.238 e. The Balaban J connectivity index is 1.91. The van der Waals surface area contributed by atoms with Gasteiger partial charge in [0.1, 0.15) is 0 Å². The number of benzene rings is 1. The van der Waals surface area contributed by atoms with Gasteiger partial charge in [-0.2, -0.15) is 4.31 Å². The van der Waals surface area contributed by atoms with E-state index in [0.717, 1.165) is 24.0 Å². The molecule has 1 aromatic rings. The van der Waals surface area contributed by atoms with Crippen molar-refractivity contribution in [3.05, 3.63) is 34.3 Å². The number of carbonyl (C=O) groups excluding carboxylic acids is 1. The third-order valence-electron chi connectivity index (χ3n) is 4.62. The average molecular weight is 357 g/mol. The van der Waals surface area contributed by atoms with Crippen molar-refractivity contribution in [3.8, 4) is 0 Å². The molecular formula is C16H21ClN2O3S. The van der Waals surface area contributed by atoms with Crippen LogP contribution in [0.25, 0.3) is 0 Å². The molecule has 1 saturated heterocycles. The summed E-state index contributed by atoms with van der Waals surface area (Å²) in [5, 5.41) is 0.615. The third-order valence-corrected chi connectivity index (χ3v) is 6.73. The number of hydrogen-bond donors (Lipinski definition) is 0. The molecule has 0 radical (unpaired) electrons. The first-order valence-electron chi connectivity index (χ1n) is 7.98. The van der Waals surface area contributed by atoms with Crippen molar-refractivity contribution in [2.75, 3.05) is 25.4 Å². The van der Waals surface area contributed by atoms with Crippen molar-refractivity contribution < 1.29 is 13.2 Å². The molecule has 0 saturated carbocycles. The topological polar surface area (TPSA) is 57.7 Å². The average Bonchev–Trinajstić information content (AvgIpc) is 2.52. The molecule has 3 rings (SSSR count). The summed E-state index contributed by atoms with van der Waals surface area (Å²) >= 11 is 6.10. The number of halogens is 1. The van der Waals surface area contributed by atoms with E-state index in [1.54, 1.807) is 4.90 Å². The van der Waals surface area contributed by atoms with Crippen LogP contribution in [0.5, 0.6) is 0 Å². The zero-order valence-electron chi connectivity index (χ0n) is 13.2. The molecule has 7 heteroatoms. The molecule has 126 valence electrons. The summed E-state index contributed by atoms with van der Waals surface area (Å²) in [6.07, 6.45) is 2.22. The molecule has 5 nitrogen and oxygen atoms in total. The Morgan fingerprint density at radius 2 is 2.13 bits per heavy atom. The van der Waals surface area contributed by atoms with Crippen LogP contribution in [0.1, 0.15) is 36.9 Å². The standard InChI is InChI=1S/C16H21ClN2O3S/c1-2-3-8-23(21,22)18-10-15-14-9-13(17)5-4-12(14)6-7-19(15)16(20)11-18/h4-5,9,15H,2-3,6-8,10-11H2,1H3. The molecule has 1 aromatic carbocycles. The zero-order valence-corrected chi connectivity index (χ0v) is 14.7. The number of hydrogen-bond acceptors (Lipinski definition) is 3. The number of fused-ring (bicyclic) bond motifs is 3. The van der Waals surface area contributed by atoms with Crippen LogP contribution < -0.4 is 0 Å². The van der Waals surface area contributed by atoms with Gasteiger partial charge in [0.15, 0.2) is 0 Å². The molecule has 1 fully saturated rings. The van der Waals surface area contributed by atoms with Gasteiger partial charge in [0, 0.05) is 18.1 Å². The highest BCUT2D eigenvalue weighted by Crippen LogP contribution is 2.35. The fourth-order valence-electron chi connectivity index (χ4n) is 3.33. The number of carbonyl (C=O) groups is 1. The third kappa shape index (κ3) is 3.25. The molecule has 2 aliphatic heterocycles. The van der Waals surface area contributed by atoms with E-state index < -0.39 is 10.0 Å². The Hall–Kier alpha value is -1.11. The van der Waals surface area contributed by atoms with Crippen molar-refractivity contribution in [1.29, 1.82) is 0 Å². The van der Waals surface area contributed by atoms with Crippen molar-refractivity contribution in [3.63, 3.8) is 0 Å². The van der Waals surface area contributed by atoms with Crippen LogP contribution in [-0.2, 0) is 21.2 Å². The monoisotopic (exact) mass is 356 g/mol. The Labute approximate surface area is 142 Å². The number of nitrogens with zero attached hydrogens (tertiary/aromatic N) is 2. The summed E-state index contributed by atoms with van der Waals surface area (Å²) in [7, 11) is -3.39. The van der Waals surface area contributed by atoms with E-state index in [2.05, 4.69) is 0 Å². The van der Waals surface area contributed by atoms with Gasteiger partial charge >= 0.3 is 0 Å². The molecule has 1 unspecified atom stereocenters. The quantitative estimate of drug-likeness (QED) is 0.831. The molecule has 0 aliphatic carbocycles. The summed E-state index contributed by atoms with van der Waals surface area (Å²) in [6.45, 7) is 2.88. The molecule has 1 amide bonds. The minimum Gasteiger partial charge on any atom is -0.333 e. The predicted octanol–water partition coefficient (Wildman–Crippen LogP) is 2.21. The lowest BCUT2D eigenvalue weighted by molar-refractivity contribution is -0.138. The lowest BCUT2D eigenvalue weighted by Gasteiger charge is -2.44. The molecule has 0 bridgehead atoms. The second-order valence-electron chi connectivity index (χ2n) is 6.16. The van der Waals surface area contributed by atoms with E-state index in [0.29, 0.717) is 24.5 Å². The first-order chi connectivity index (χ1) is 10.9. The maximum Gasteiger partial charge on any atom is 0.238 e. The minimum atomic E-state index is -3.39. The van der Waals surface area contributed by atoms with Gasteiger partial charge in [0.25, 0.3) is 0 Å². The van der Waals surface area contributed by atoms with Gasteiger partial charge < -0.3 is 4.90 Å². The lowest BCUT2D eigenvalue weighted by Crippen LogP contribution is -2.55. The van der Waals surface area contributed by atoms with Gasteiger partial charge in [-0.1, -0.05) is 31.0 Å². The van der Waals surface area contributed by atoms with E-state index in [1.807, 2.05) is 25.1 Å². The van der Waals surface area contributed by atoms with E-state index in [4.69, 9.17) is 11.6 Å². The number of amides is 1. The molecule has 0 N–H and O–H groups in total. The van der Waals surface area contributed by atoms with Crippen molar-refractivity contribution in [1.82, 2.24) is 9.21 Å². The fraction of sp³-hybridized carbons (Fsp3) is 0.562. The van der Waals surface area contributed by atoms with Crippen molar-refractivity contribution in [2.45, 2.75) is 32.2 Å². The summed E-state index contributed by atoms with van der Waals surface area (Å²) in [5.41, 5.74) is 2.13. The second-order valence-corrected chi connectivity index (χ2v) is 8.68. The van der Waals surface area contributed by atoms with Crippen LogP contribution in [0, 0.1) is 0 Å². The Kier molecular flexibility index (Phi) is 4.67. The highest BCUT2D eigenvalue weighted by atomic mass is 35.5. The SMILES string of the molecule is CCCCS(=O)(=O)N1CC(=O)N2CCc3ccc(Cl)cc3C2C1. The molecule has 2 aliphatic rings. The first-order valence-corrected chi connectivity index (χ1v) is 9.96. The number of unbranched alkanes of at least 4 members (excludes halogenated alkanes) is 1. The van der Waals surface area contributed by atoms with E-state index in [9.17, 15) is 13.2 Å². The summed E-state index contributed by atoms with van der Waals surface area (Å²) in [6, 6.07) is 5.46. The molecule has 2 heterocycles. The predicted molar refractivity (Wildman–Crippen MR) is 89.9 cm³/mol. The fourth-order valence-corrected chi connectivity index (χ4v) is 5.10. The summed E-state index contributed by atoms with van der Waals surface area (Å²) in [4.78, 5) is 14.2. The van der Waals surface area contributed by atoms with Gasteiger partial charge in [-0.25, -0.2) is 8.42 Å². The van der Waals surface area contributed by atoms with E-state index in [-0.39, 0.29) is 24.2 Å². The molecular weight excluding hydrogens is 336 g/mol. The van der Waals surface area contributed by atoms with Gasteiger partial charge in [-0.05, 0) is 36.1 Å². The van der Waals surface area contributed by atoms with E-state index in [1.165, 1.54) is 4.31 Å². The van der Waals surface area contributed by atoms with E-state index >= 15 is 0 Å². The Morgan fingerprint density at radius 1 is 1.35 bits per heavy atom. The van der Waals surface area contributed by atoms with Gasteiger partial charge in [0.2, 0.25) is 15.9 Å². The highest BCUT2D eigenvalue weighted by molar-refractivity contribution is 7.89. The Bertz CT molecular complexity index is 720. The van der Waals surface area contributed by atoms with Crippen molar-refractivity contribution >= 4 is 27.5 Å². The lowest BCUT2D eigenvalue weighted by atomic mass is 9.91. The van der Waals surface area contributed by atoms with Crippen LogP contribution in [-0.4, -0.2) is 48.9 Å². The van der Waals surface area contributed by atoms with Crippen LogP contribution in [0.15, 0.2) is 18.2 Å². The zero-order chi connectivity index (χ0) is 16.6. The molecule has 1 atom stereocenters. The van der Waals surface area contributed by atoms with Gasteiger partial charge in [-0.15, -0.1) is 0 Å². The first kappa shape index (κ1) is 16.7. The van der Waals surface area contributed by atoms with Crippen LogP contribution >= 0.6 is 11.6 Å². The largest absolute Gasteiger partial charge is 0.333 e. The maximum absolute atomic E-state index is 12.5. The molecule has 0 spiro atoms. The molecule has 0 aromatic heterocycles. The highest BCUT2D eigenvalue weighted by Gasteiger charge is 2.40. The van der Waals surface area contributed by atoms with Crippen molar-refractivity contribution in [2.24, 2.45) is 0 Å². The van der Waals surface area contributed by atoms with Crippen LogP contribution in [0.4, 0.5) is 0 Å². The normalized spacial score (nSPS) is 21.9. The molecule has 23 heavy (non-hydrogen) atoms. The number of sulfonamides is 1. The van der Waals surface area contributed by atoms with Gasteiger partial charge in [-0.3, -0.25) is 4.79 Å². The minimum absolute atomic E-state index is 0.0432.